The number of morpholine rings is 1. The van der Waals surface area contributed by atoms with Gasteiger partial charge in [-0.3, -0.25) is 4.99 Å². The fraction of sp³-hybridized carbons (Fsp3) is 0.565. The van der Waals surface area contributed by atoms with Crippen LogP contribution in [0, 0.1) is 6.92 Å². The van der Waals surface area contributed by atoms with Crippen molar-refractivity contribution in [2.24, 2.45) is 4.99 Å². The average Bonchev–Trinajstić information content (AvgIpc) is 3.25. The van der Waals surface area contributed by atoms with Gasteiger partial charge in [0.05, 0.1) is 31.7 Å². The van der Waals surface area contributed by atoms with Gasteiger partial charge in [0.2, 0.25) is 0 Å². The second-order valence-corrected chi connectivity index (χ2v) is 9.16. The minimum Gasteiger partial charge on any atom is -0.393 e. The summed E-state index contributed by atoms with van der Waals surface area (Å²) in [7, 11) is 0. The van der Waals surface area contributed by atoms with Gasteiger partial charge >= 0.3 is 0 Å². The van der Waals surface area contributed by atoms with Gasteiger partial charge < -0.3 is 35.7 Å². The molecule has 1 atom stereocenters. The highest BCUT2D eigenvalue weighted by Gasteiger charge is 2.35. The Hall–Kier alpha value is -2.78. The number of aromatic amines is 1. The van der Waals surface area contributed by atoms with Crippen LogP contribution in [0.25, 0.3) is 0 Å². The first kappa shape index (κ1) is 21.1. The van der Waals surface area contributed by atoms with Gasteiger partial charge in [-0.25, -0.2) is 4.98 Å². The van der Waals surface area contributed by atoms with E-state index in [2.05, 4.69) is 62.9 Å². The van der Waals surface area contributed by atoms with Crippen molar-refractivity contribution in [3.8, 4) is 0 Å². The highest BCUT2D eigenvalue weighted by atomic mass is 16.5. The number of nitrogens with one attached hydrogen (secondary N) is 4. The van der Waals surface area contributed by atoms with Crippen molar-refractivity contribution in [3.05, 3.63) is 35.8 Å². The first-order chi connectivity index (χ1) is 15.5. The molecule has 1 aromatic carbocycles. The molecule has 0 spiro atoms. The van der Waals surface area contributed by atoms with Gasteiger partial charge in [-0.05, 0) is 63.3 Å². The van der Waals surface area contributed by atoms with Crippen molar-refractivity contribution < 1.29 is 9.84 Å². The Bertz CT molecular complexity index is 976. The zero-order valence-corrected chi connectivity index (χ0v) is 18.8. The quantitative estimate of drug-likeness (QED) is 0.498. The summed E-state index contributed by atoms with van der Waals surface area (Å²) in [4.78, 5) is 15.0. The Labute approximate surface area is 188 Å². The molecule has 2 aliphatic heterocycles. The monoisotopic (exact) mass is 439 g/mol. The first-order valence-corrected chi connectivity index (χ1v) is 11.6. The van der Waals surface area contributed by atoms with Crippen molar-refractivity contribution >= 4 is 23.0 Å². The van der Waals surface area contributed by atoms with Crippen molar-refractivity contribution in [1.29, 1.82) is 0 Å². The second kappa shape index (κ2) is 8.63. The Balaban J connectivity index is 1.35. The van der Waals surface area contributed by atoms with E-state index in [4.69, 9.17) is 9.73 Å². The van der Waals surface area contributed by atoms with Crippen molar-refractivity contribution in [3.63, 3.8) is 0 Å². The van der Waals surface area contributed by atoms with Gasteiger partial charge in [0.15, 0.2) is 17.4 Å². The smallest absolute Gasteiger partial charge is 0.184 e. The first-order valence-electron chi connectivity index (χ1n) is 11.6. The number of amidine groups is 1. The number of aryl methyl sites for hydroxylation is 1. The number of rotatable bonds is 4. The highest BCUT2D eigenvalue weighted by Crippen LogP contribution is 2.29. The highest BCUT2D eigenvalue weighted by molar-refractivity contribution is 6.03. The van der Waals surface area contributed by atoms with Gasteiger partial charge in [0.25, 0.3) is 0 Å². The minimum atomic E-state index is -0.652. The Kier molecular flexibility index (Phi) is 5.69. The number of anilines is 3. The van der Waals surface area contributed by atoms with Crippen LogP contribution < -0.4 is 20.9 Å². The van der Waals surface area contributed by atoms with Gasteiger partial charge in [0.1, 0.15) is 5.69 Å². The van der Waals surface area contributed by atoms with E-state index in [1.165, 1.54) is 11.3 Å². The number of ether oxygens (including phenoxy) is 1. The molecule has 5 N–H and O–H groups in total. The minimum absolute atomic E-state index is 0.189. The van der Waals surface area contributed by atoms with Gasteiger partial charge in [0, 0.05) is 24.5 Å². The van der Waals surface area contributed by atoms with Crippen LogP contribution in [0.15, 0.2) is 29.5 Å². The lowest BCUT2D eigenvalue weighted by Gasteiger charge is -2.39. The van der Waals surface area contributed by atoms with E-state index < -0.39 is 5.79 Å². The number of aliphatic hydroxyl groups excluding tert-OH is 1. The Morgan fingerprint density at radius 2 is 1.97 bits per heavy atom. The van der Waals surface area contributed by atoms with Crippen LogP contribution >= 0.6 is 0 Å². The third-order valence-electron chi connectivity index (χ3n) is 6.56. The summed E-state index contributed by atoms with van der Waals surface area (Å²) in [6, 6.07) is 6.72. The molecule has 2 fully saturated rings. The van der Waals surface area contributed by atoms with E-state index in [0.717, 1.165) is 75.0 Å². The molecule has 1 saturated carbocycles. The van der Waals surface area contributed by atoms with E-state index in [1.807, 2.05) is 0 Å². The molecule has 32 heavy (non-hydrogen) atoms. The molecule has 0 amide bonds. The summed E-state index contributed by atoms with van der Waals surface area (Å²) in [5.41, 5.74) is 4.31. The molecule has 1 saturated heterocycles. The number of fused-ring (bicyclic) bond motifs is 1. The lowest BCUT2D eigenvalue weighted by molar-refractivity contribution is 0.122. The largest absolute Gasteiger partial charge is 0.393 e. The normalized spacial score (nSPS) is 29.2. The van der Waals surface area contributed by atoms with Crippen molar-refractivity contribution in [2.45, 2.75) is 57.5 Å². The summed E-state index contributed by atoms with van der Waals surface area (Å²) in [6.45, 7) is 7.58. The third-order valence-corrected chi connectivity index (χ3v) is 6.56. The van der Waals surface area contributed by atoms with E-state index in [1.54, 1.807) is 6.33 Å². The SMILES string of the molecule is Cc1cc(N2CCOCC2)ccc1NC1(C)NC(=NC2CCC(O)CC2)c2[nH]cnc2N1. The molecule has 1 aromatic heterocycles. The number of hydrogen-bond donors (Lipinski definition) is 5. The molecule has 3 heterocycles. The number of H-pyrrole nitrogens is 1. The molecule has 9 heteroatoms. The maximum Gasteiger partial charge on any atom is 0.184 e. The molecule has 0 bridgehead atoms. The number of aliphatic imine (C=N–C) groups is 1. The van der Waals surface area contributed by atoms with Crippen molar-refractivity contribution in [2.75, 3.05) is 41.8 Å². The van der Waals surface area contributed by atoms with E-state index >= 15 is 0 Å². The molecular formula is C23H33N7O2. The Morgan fingerprint density at radius 3 is 2.72 bits per heavy atom. The van der Waals surface area contributed by atoms with E-state index in [-0.39, 0.29) is 12.1 Å². The molecule has 0 radical (unpaired) electrons. The van der Waals surface area contributed by atoms with E-state index in [9.17, 15) is 5.11 Å². The molecule has 5 rings (SSSR count). The van der Waals surface area contributed by atoms with E-state index in [0.29, 0.717) is 0 Å². The second-order valence-electron chi connectivity index (χ2n) is 9.16. The molecule has 9 nitrogen and oxygen atoms in total. The number of aliphatic hydroxyl groups is 1. The number of benzene rings is 1. The van der Waals surface area contributed by atoms with Gasteiger partial charge in [-0.15, -0.1) is 0 Å². The summed E-state index contributed by atoms with van der Waals surface area (Å²) in [5.74, 6) is 0.923. The number of imidazole rings is 1. The Morgan fingerprint density at radius 1 is 1.19 bits per heavy atom. The average molecular weight is 440 g/mol. The number of aromatic nitrogens is 2. The van der Waals surface area contributed by atoms with Gasteiger partial charge in [-0.1, -0.05) is 0 Å². The predicted octanol–water partition coefficient (Wildman–Crippen LogP) is 2.41. The number of nitrogens with zero attached hydrogens (tertiary/aromatic N) is 3. The maximum atomic E-state index is 9.82. The molecule has 3 aliphatic rings. The van der Waals surface area contributed by atoms with Crippen LogP contribution in [-0.2, 0) is 4.74 Å². The topological polar surface area (TPSA) is 110 Å². The molecular weight excluding hydrogens is 406 g/mol. The van der Waals surface area contributed by atoms with Crippen LogP contribution in [0.5, 0.6) is 0 Å². The van der Waals surface area contributed by atoms with Crippen LogP contribution in [0.3, 0.4) is 0 Å². The van der Waals surface area contributed by atoms with Crippen LogP contribution in [0.2, 0.25) is 0 Å². The standard InChI is InChI=1S/C23H33N7O2/c1-15-13-17(30-9-11-32-12-10-30)5-8-19(15)27-23(2)28-21-20(24-14-25-21)22(29-23)26-16-3-6-18(31)7-4-16/h5,8,13-14,16,18,27-28,31H,3-4,6-7,9-12H2,1-2H3,(H,24,25)(H,26,29). The molecule has 2 aromatic rings. The zero-order chi connectivity index (χ0) is 22.1. The molecule has 1 unspecified atom stereocenters. The fourth-order valence-corrected chi connectivity index (χ4v) is 4.74. The summed E-state index contributed by atoms with van der Waals surface area (Å²) < 4.78 is 5.48. The maximum absolute atomic E-state index is 9.82. The zero-order valence-electron chi connectivity index (χ0n) is 18.8. The number of hydrogen-bond acceptors (Lipinski definition) is 7. The molecule has 1 aliphatic carbocycles. The fourth-order valence-electron chi connectivity index (χ4n) is 4.74. The van der Waals surface area contributed by atoms with Crippen molar-refractivity contribution in [1.82, 2.24) is 15.3 Å². The summed E-state index contributed by atoms with van der Waals surface area (Å²) in [6.07, 6.45) is 4.91. The predicted molar refractivity (Wildman–Crippen MR) is 126 cm³/mol. The lowest BCUT2D eigenvalue weighted by Crippen LogP contribution is -2.61. The summed E-state index contributed by atoms with van der Waals surface area (Å²) >= 11 is 0. The molecule has 172 valence electrons. The van der Waals surface area contributed by atoms with Crippen LogP contribution in [0.1, 0.15) is 43.9 Å². The summed E-state index contributed by atoms with van der Waals surface area (Å²) in [5, 5.41) is 20.5. The van der Waals surface area contributed by atoms with Gasteiger partial charge in [-0.2, -0.15) is 0 Å². The van der Waals surface area contributed by atoms with Crippen LogP contribution in [0.4, 0.5) is 17.2 Å². The van der Waals surface area contributed by atoms with Crippen LogP contribution in [-0.4, -0.2) is 65.1 Å². The third kappa shape index (κ3) is 4.40. The lowest BCUT2D eigenvalue weighted by atomic mass is 9.93.